The van der Waals surface area contributed by atoms with Crippen LogP contribution in [0.2, 0.25) is 5.02 Å². The smallest absolute Gasteiger partial charge is 0.245 e. The number of hydrogen-bond acceptors (Lipinski definition) is 4. The van der Waals surface area contributed by atoms with Crippen LogP contribution in [0.5, 0.6) is 11.5 Å². The van der Waals surface area contributed by atoms with Gasteiger partial charge in [0, 0.05) is 5.02 Å². The van der Waals surface area contributed by atoms with E-state index in [2.05, 4.69) is 5.32 Å². The van der Waals surface area contributed by atoms with Crippen molar-refractivity contribution in [2.24, 2.45) is 0 Å². The molecule has 0 unspecified atom stereocenters. The summed E-state index contributed by atoms with van der Waals surface area (Å²) >= 11 is 6.13. The third kappa shape index (κ3) is 5.31. The fourth-order valence-corrected chi connectivity index (χ4v) is 3.92. The van der Waals surface area contributed by atoms with Crippen molar-refractivity contribution in [3.63, 3.8) is 0 Å². The number of carbonyl (C=O) groups is 1. The van der Waals surface area contributed by atoms with E-state index in [1.807, 2.05) is 18.2 Å². The van der Waals surface area contributed by atoms with Crippen LogP contribution < -0.4 is 14.4 Å². The van der Waals surface area contributed by atoms with Gasteiger partial charge in [0.05, 0.1) is 17.6 Å². The number of anilines is 2. The minimum atomic E-state index is -3.72. The van der Waals surface area contributed by atoms with Gasteiger partial charge in [-0.3, -0.25) is 9.10 Å². The lowest BCUT2D eigenvalue weighted by molar-refractivity contribution is -0.114. The molecule has 1 N–H and O–H groups in total. The van der Waals surface area contributed by atoms with Crippen molar-refractivity contribution in [3.8, 4) is 11.5 Å². The van der Waals surface area contributed by atoms with Crippen molar-refractivity contribution in [1.29, 1.82) is 0 Å². The van der Waals surface area contributed by atoms with Crippen LogP contribution in [0.25, 0.3) is 0 Å². The van der Waals surface area contributed by atoms with Gasteiger partial charge in [0.15, 0.2) is 5.75 Å². The number of halogens is 1. The maximum atomic E-state index is 12.7. The van der Waals surface area contributed by atoms with Gasteiger partial charge in [-0.2, -0.15) is 0 Å². The van der Waals surface area contributed by atoms with E-state index in [9.17, 15) is 13.2 Å². The Bertz CT molecular complexity index is 1150. The monoisotopic (exact) mass is 444 g/mol. The lowest BCUT2D eigenvalue weighted by Gasteiger charge is -2.24. The Morgan fingerprint density at radius 1 is 1.00 bits per heavy atom. The van der Waals surface area contributed by atoms with Crippen LogP contribution in [0, 0.1) is 6.92 Å². The molecule has 3 aromatic carbocycles. The predicted octanol–water partition coefficient (Wildman–Crippen LogP) is 4.85. The second-order valence-corrected chi connectivity index (χ2v) is 8.93. The molecule has 0 spiro atoms. The first-order valence-electron chi connectivity index (χ1n) is 9.10. The minimum Gasteiger partial charge on any atom is -0.455 e. The Kier molecular flexibility index (Phi) is 6.64. The molecule has 0 bridgehead atoms. The number of benzene rings is 3. The van der Waals surface area contributed by atoms with E-state index in [-0.39, 0.29) is 0 Å². The number of hydrogen-bond donors (Lipinski definition) is 1. The van der Waals surface area contributed by atoms with Crippen molar-refractivity contribution in [1.82, 2.24) is 0 Å². The molecule has 1 amide bonds. The van der Waals surface area contributed by atoms with Crippen molar-refractivity contribution in [2.45, 2.75) is 6.92 Å². The highest BCUT2D eigenvalue weighted by molar-refractivity contribution is 7.92. The van der Waals surface area contributed by atoms with Crippen LogP contribution in [0.1, 0.15) is 5.56 Å². The lowest BCUT2D eigenvalue weighted by atomic mass is 10.2. The Labute approximate surface area is 181 Å². The van der Waals surface area contributed by atoms with Crippen LogP contribution in [-0.2, 0) is 14.8 Å². The van der Waals surface area contributed by atoms with Crippen LogP contribution >= 0.6 is 11.6 Å². The SMILES string of the molecule is Cc1c(Cl)cccc1N(CC(=O)Nc1ccccc1Oc1ccccc1)S(C)(=O)=O. The molecule has 0 atom stereocenters. The van der Waals surface area contributed by atoms with E-state index in [0.29, 0.717) is 33.5 Å². The van der Waals surface area contributed by atoms with Gasteiger partial charge in [-0.1, -0.05) is 48.0 Å². The van der Waals surface area contributed by atoms with Gasteiger partial charge in [-0.05, 0) is 48.9 Å². The zero-order valence-electron chi connectivity index (χ0n) is 16.5. The van der Waals surface area contributed by atoms with E-state index in [4.69, 9.17) is 16.3 Å². The van der Waals surface area contributed by atoms with Crippen molar-refractivity contribution in [2.75, 3.05) is 22.4 Å². The molecular weight excluding hydrogens is 424 g/mol. The highest BCUT2D eigenvalue weighted by atomic mass is 35.5. The number of carbonyl (C=O) groups excluding carboxylic acids is 1. The second-order valence-electron chi connectivity index (χ2n) is 6.61. The number of nitrogens with one attached hydrogen (secondary N) is 1. The number of ether oxygens (including phenoxy) is 1. The molecule has 30 heavy (non-hydrogen) atoms. The Morgan fingerprint density at radius 3 is 2.37 bits per heavy atom. The molecule has 156 valence electrons. The fourth-order valence-electron chi connectivity index (χ4n) is 2.84. The quantitative estimate of drug-likeness (QED) is 0.565. The second kappa shape index (κ2) is 9.19. The third-order valence-corrected chi connectivity index (χ3v) is 5.86. The van der Waals surface area contributed by atoms with Gasteiger partial charge < -0.3 is 10.1 Å². The topological polar surface area (TPSA) is 75.7 Å². The molecule has 0 aliphatic carbocycles. The van der Waals surface area contributed by atoms with E-state index in [1.54, 1.807) is 61.5 Å². The summed E-state index contributed by atoms with van der Waals surface area (Å²) < 4.78 is 31.6. The summed E-state index contributed by atoms with van der Waals surface area (Å²) in [5, 5.41) is 3.15. The van der Waals surface area contributed by atoms with Gasteiger partial charge in [0.1, 0.15) is 12.3 Å². The first kappa shape index (κ1) is 21.7. The summed E-state index contributed by atoms with van der Waals surface area (Å²) in [5.74, 6) is 0.553. The fraction of sp³-hybridized carbons (Fsp3) is 0.136. The van der Waals surface area contributed by atoms with E-state index in [0.717, 1.165) is 10.6 Å². The Morgan fingerprint density at radius 2 is 1.67 bits per heavy atom. The number of rotatable bonds is 7. The number of sulfonamides is 1. The highest BCUT2D eigenvalue weighted by Gasteiger charge is 2.23. The molecule has 0 aliphatic heterocycles. The summed E-state index contributed by atoms with van der Waals surface area (Å²) in [6, 6.07) is 21.0. The third-order valence-electron chi connectivity index (χ3n) is 4.33. The first-order chi connectivity index (χ1) is 14.3. The van der Waals surface area contributed by atoms with E-state index in [1.165, 1.54) is 0 Å². The van der Waals surface area contributed by atoms with Crippen molar-refractivity contribution < 1.29 is 17.9 Å². The minimum absolute atomic E-state index is 0.356. The van der Waals surface area contributed by atoms with Gasteiger partial charge in [-0.25, -0.2) is 8.42 Å². The van der Waals surface area contributed by atoms with Crippen LogP contribution in [0.15, 0.2) is 72.8 Å². The summed E-state index contributed by atoms with van der Waals surface area (Å²) in [6.07, 6.45) is 1.05. The number of amides is 1. The lowest BCUT2D eigenvalue weighted by Crippen LogP contribution is -2.37. The van der Waals surface area contributed by atoms with Crippen molar-refractivity contribution >= 4 is 38.9 Å². The first-order valence-corrected chi connectivity index (χ1v) is 11.3. The van der Waals surface area contributed by atoms with Gasteiger partial charge in [0.2, 0.25) is 15.9 Å². The highest BCUT2D eigenvalue weighted by Crippen LogP contribution is 2.30. The standard InChI is InChI=1S/C22H21ClN2O4S/c1-16-18(23)11-8-13-20(16)25(30(2,27)28)15-22(26)24-19-12-6-7-14-21(19)29-17-9-4-3-5-10-17/h3-14H,15H2,1-2H3,(H,24,26). The van der Waals surface area contributed by atoms with Gasteiger partial charge >= 0.3 is 0 Å². The molecule has 3 rings (SSSR count). The molecule has 0 saturated carbocycles. The zero-order chi connectivity index (χ0) is 21.7. The summed E-state index contributed by atoms with van der Waals surface area (Å²) in [7, 11) is -3.72. The molecule has 0 fully saturated rings. The number of para-hydroxylation sites is 3. The zero-order valence-corrected chi connectivity index (χ0v) is 18.1. The van der Waals surface area contributed by atoms with E-state index < -0.39 is 22.5 Å². The van der Waals surface area contributed by atoms with Gasteiger partial charge in [-0.15, -0.1) is 0 Å². The molecule has 0 aliphatic rings. The normalized spacial score (nSPS) is 11.0. The Hall–Kier alpha value is -3.03. The summed E-state index contributed by atoms with van der Waals surface area (Å²) in [5.41, 5.74) is 1.36. The molecule has 0 aromatic heterocycles. The molecule has 6 nitrogen and oxygen atoms in total. The molecular formula is C22H21ClN2O4S. The van der Waals surface area contributed by atoms with Crippen LogP contribution in [0.4, 0.5) is 11.4 Å². The predicted molar refractivity (Wildman–Crippen MR) is 120 cm³/mol. The van der Waals surface area contributed by atoms with Gasteiger partial charge in [0.25, 0.3) is 0 Å². The average Bonchev–Trinajstić information content (AvgIpc) is 2.70. The maximum Gasteiger partial charge on any atom is 0.245 e. The summed E-state index contributed by atoms with van der Waals surface area (Å²) in [6.45, 7) is 1.30. The molecule has 3 aromatic rings. The van der Waals surface area contributed by atoms with Crippen LogP contribution in [0.3, 0.4) is 0 Å². The molecule has 8 heteroatoms. The van der Waals surface area contributed by atoms with Crippen molar-refractivity contribution in [3.05, 3.63) is 83.4 Å². The number of nitrogens with zero attached hydrogens (tertiary/aromatic N) is 1. The molecule has 0 radical (unpaired) electrons. The molecule has 0 saturated heterocycles. The maximum absolute atomic E-state index is 12.7. The summed E-state index contributed by atoms with van der Waals surface area (Å²) in [4.78, 5) is 12.7. The molecule has 0 heterocycles. The van der Waals surface area contributed by atoms with Crippen LogP contribution in [-0.4, -0.2) is 27.1 Å². The van der Waals surface area contributed by atoms with E-state index >= 15 is 0 Å². The Balaban J connectivity index is 1.83. The largest absolute Gasteiger partial charge is 0.455 e. The average molecular weight is 445 g/mol.